The lowest BCUT2D eigenvalue weighted by atomic mass is 10.2. The Morgan fingerprint density at radius 2 is 2.14 bits per heavy atom. The van der Waals surface area contributed by atoms with Crippen LogP contribution in [0.15, 0.2) is 29.7 Å². The largest absolute Gasteiger partial charge is 0.495 e. The van der Waals surface area contributed by atoms with E-state index in [-0.39, 0.29) is 11.4 Å². The zero-order chi connectivity index (χ0) is 16.0. The molecule has 0 heterocycles. The number of likely N-dealkylation sites (N-methyl/N-ethyl adjacent to an activating group) is 1. The van der Waals surface area contributed by atoms with Crippen molar-refractivity contribution in [2.24, 2.45) is 0 Å². The van der Waals surface area contributed by atoms with Crippen LogP contribution in [0.4, 0.5) is 0 Å². The molecule has 0 aliphatic rings. The lowest BCUT2D eigenvalue weighted by Crippen LogP contribution is -2.31. The Morgan fingerprint density at radius 3 is 2.62 bits per heavy atom. The first-order valence-corrected chi connectivity index (χ1v) is 8.36. The Morgan fingerprint density at radius 1 is 1.48 bits per heavy atom. The lowest BCUT2D eigenvalue weighted by molar-refractivity contribution is 0.391. The molecule has 0 amide bonds. The molecule has 0 spiro atoms. The zero-order valence-electron chi connectivity index (χ0n) is 12.5. The maximum absolute atomic E-state index is 12.8. The van der Waals surface area contributed by atoms with E-state index < -0.39 is 10.0 Å². The van der Waals surface area contributed by atoms with Crippen LogP contribution < -0.4 is 10.1 Å². The number of halogens is 1. The highest BCUT2D eigenvalue weighted by atomic mass is 35.5. The van der Waals surface area contributed by atoms with Crippen molar-refractivity contribution >= 4 is 21.6 Å². The van der Waals surface area contributed by atoms with Gasteiger partial charge < -0.3 is 10.1 Å². The summed E-state index contributed by atoms with van der Waals surface area (Å²) in [7, 11) is -0.476. The average molecular weight is 333 g/mol. The van der Waals surface area contributed by atoms with Crippen molar-refractivity contribution in [3.05, 3.63) is 35.4 Å². The summed E-state index contributed by atoms with van der Waals surface area (Å²) in [6.07, 6.45) is 1.55. The van der Waals surface area contributed by atoms with Gasteiger partial charge in [0.05, 0.1) is 7.11 Å². The van der Waals surface area contributed by atoms with Crippen LogP contribution >= 0.6 is 11.6 Å². The van der Waals surface area contributed by atoms with Crippen molar-refractivity contribution in [2.45, 2.75) is 18.4 Å². The fourth-order valence-electron chi connectivity index (χ4n) is 2.05. The van der Waals surface area contributed by atoms with E-state index in [1.807, 2.05) is 0 Å². The quantitative estimate of drug-likeness (QED) is 0.742. The van der Waals surface area contributed by atoms with Crippen molar-refractivity contribution in [2.75, 3.05) is 27.2 Å². The van der Waals surface area contributed by atoms with Crippen molar-refractivity contribution in [1.29, 1.82) is 0 Å². The summed E-state index contributed by atoms with van der Waals surface area (Å²) in [6, 6.07) is 3.11. The van der Waals surface area contributed by atoms with Gasteiger partial charge in [-0.1, -0.05) is 24.6 Å². The Hall–Kier alpha value is -1.08. The molecule has 0 fully saturated rings. The lowest BCUT2D eigenvalue weighted by Gasteiger charge is -2.21. The van der Waals surface area contributed by atoms with E-state index in [1.165, 1.54) is 17.5 Å². The van der Waals surface area contributed by atoms with Gasteiger partial charge in [0.2, 0.25) is 10.0 Å². The first-order chi connectivity index (χ1) is 9.92. The van der Waals surface area contributed by atoms with Crippen LogP contribution in [0.3, 0.4) is 0 Å². The molecule has 21 heavy (non-hydrogen) atoms. The van der Waals surface area contributed by atoms with E-state index in [4.69, 9.17) is 16.3 Å². The molecule has 1 rings (SSSR count). The molecule has 0 saturated carbocycles. The van der Waals surface area contributed by atoms with E-state index in [0.29, 0.717) is 29.4 Å². The number of methoxy groups -OCH3 is 1. The third-order valence-electron chi connectivity index (χ3n) is 2.97. The maximum Gasteiger partial charge on any atom is 0.247 e. The van der Waals surface area contributed by atoms with Gasteiger partial charge in [-0.25, -0.2) is 8.42 Å². The number of hydrogen-bond donors (Lipinski definition) is 1. The molecule has 118 valence electrons. The third kappa shape index (κ3) is 3.97. The first kappa shape index (κ1) is 18.0. The van der Waals surface area contributed by atoms with Gasteiger partial charge in [-0.15, -0.1) is 6.58 Å². The van der Waals surface area contributed by atoms with E-state index >= 15 is 0 Å². The van der Waals surface area contributed by atoms with E-state index in [9.17, 15) is 8.42 Å². The maximum atomic E-state index is 12.8. The molecule has 0 radical (unpaired) electrons. The van der Waals surface area contributed by atoms with Crippen molar-refractivity contribution in [1.82, 2.24) is 9.62 Å². The summed E-state index contributed by atoms with van der Waals surface area (Å²) >= 11 is 6.06. The summed E-state index contributed by atoms with van der Waals surface area (Å²) in [5.41, 5.74) is 0.695. The molecule has 0 unspecified atom stereocenters. The van der Waals surface area contributed by atoms with Crippen LogP contribution in [0.1, 0.15) is 12.5 Å². The van der Waals surface area contributed by atoms with Crippen molar-refractivity contribution in [3.8, 4) is 5.75 Å². The fourth-order valence-corrected chi connectivity index (χ4v) is 4.00. The molecule has 0 bridgehead atoms. The van der Waals surface area contributed by atoms with Gasteiger partial charge in [0.1, 0.15) is 10.6 Å². The summed E-state index contributed by atoms with van der Waals surface area (Å²) < 4.78 is 32.2. The number of benzene rings is 1. The normalized spacial score (nSPS) is 11.7. The number of nitrogens with zero attached hydrogens (tertiary/aromatic N) is 1. The minimum Gasteiger partial charge on any atom is -0.495 e. The SMILES string of the molecule is C=CCN(CC)S(=O)(=O)c1cc(Cl)cc(CNC)c1OC. The van der Waals surface area contributed by atoms with Gasteiger partial charge in [0, 0.05) is 30.2 Å². The molecule has 0 saturated heterocycles. The van der Waals surface area contributed by atoms with Gasteiger partial charge in [-0.05, 0) is 19.2 Å². The van der Waals surface area contributed by atoms with Crippen molar-refractivity contribution < 1.29 is 13.2 Å². The molecule has 0 aromatic heterocycles. The second-order valence-corrected chi connectivity index (χ2v) is 6.71. The highest BCUT2D eigenvalue weighted by molar-refractivity contribution is 7.89. The van der Waals surface area contributed by atoms with E-state index in [1.54, 1.807) is 26.1 Å². The monoisotopic (exact) mass is 332 g/mol. The predicted molar refractivity (Wildman–Crippen MR) is 85.4 cm³/mol. The number of hydrogen-bond acceptors (Lipinski definition) is 4. The summed E-state index contributed by atoms with van der Waals surface area (Å²) in [4.78, 5) is 0.0754. The van der Waals surface area contributed by atoms with Gasteiger partial charge >= 0.3 is 0 Å². The Labute approximate surface area is 131 Å². The predicted octanol–water partition coefficient (Wildman–Crippen LogP) is 2.26. The van der Waals surface area contributed by atoms with E-state index in [0.717, 1.165) is 0 Å². The molecule has 5 nitrogen and oxygen atoms in total. The fraction of sp³-hybridized carbons (Fsp3) is 0.429. The van der Waals surface area contributed by atoms with E-state index in [2.05, 4.69) is 11.9 Å². The molecule has 1 N–H and O–H groups in total. The summed E-state index contributed by atoms with van der Waals surface area (Å²) in [6.45, 7) is 6.39. The first-order valence-electron chi connectivity index (χ1n) is 6.54. The minimum absolute atomic E-state index is 0.0754. The molecule has 0 aliphatic carbocycles. The smallest absolute Gasteiger partial charge is 0.247 e. The Bertz CT molecular complexity index is 602. The number of nitrogens with one attached hydrogen (secondary N) is 1. The van der Waals surface area contributed by atoms with Crippen LogP contribution in [-0.4, -0.2) is 40.0 Å². The number of sulfonamides is 1. The second-order valence-electron chi connectivity index (χ2n) is 4.37. The molecule has 1 aromatic rings. The van der Waals surface area contributed by atoms with Crippen molar-refractivity contribution in [3.63, 3.8) is 0 Å². The van der Waals surface area contributed by atoms with Crippen LogP contribution in [0.2, 0.25) is 5.02 Å². The van der Waals surface area contributed by atoms with Gasteiger partial charge in [0.15, 0.2) is 0 Å². The second kappa shape index (κ2) is 7.79. The van der Waals surface area contributed by atoms with Crippen LogP contribution in [0.25, 0.3) is 0 Å². The molecular weight excluding hydrogens is 312 g/mol. The van der Waals surface area contributed by atoms with Gasteiger partial charge in [-0.3, -0.25) is 0 Å². The standard InChI is InChI=1S/C14H21ClN2O3S/c1-5-7-17(6-2)21(18,19)13-9-12(15)8-11(10-16-3)14(13)20-4/h5,8-9,16H,1,6-7,10H2,2-4H3. The molecule has 0 aliphatic heterocycles. The van der Waals surface area contributed by atoms with Gasteiger partial charge in [-0.2, -0.15) is 4.31 Å². The Balaban J connectivity index is 3.49. The number of rotatable bonds is 8. The Kier molecular flexibility index (Phi) is 6.67. The highest BCUT2D eigenvalue weighted by Crippen LogP contribution is 2.33. The van der Waals surface area contributed by atoms with Gasteiger partial charge in [0.25, 0.3) is 0 Å². The summed E-state index contributed by atoms with van der Waals surface area (Å²) in [5, 5.41) is 3.33. The number of ether oxygens (including phenoxy) is 1. The molecular formula is C14H21ClN2O3S. The average Bonchev–Trinajstić information content (AvgIpc) is 2.44. The summed E-state index contributed by atoms with van der Waals surface area (Å²) in [5.74, 6) is 0.316. The molecule has 7 heteroatoms. The zero-order valence-corrected chi connectivity index (χ0v) is 14.1. The molecule has 1 aromatic carbocycles. The van der Waals surface area contributed by atoms with Crippen LogP contribution in [-0.2, 0) is 16.6 Å². The third-order valence-corrected chi connectivity index (χ3v) is 5.14. The van der Waals surface area contributed by atoms with Crippen LogP contribution in [0.5, 0.6) is 5.75 Å². The topological polar surface area (TPSA) is 58.6 Å². The molecule has 0 atom stereocenters. The van der Waals surface area contributed by atoms with Crippen LogP contribution in [0, 0.1) is 0 Å². The highest BCUT2D eigenvalue weighted by Gasteiger charge is 2.28. The minimum atomic E-state index is -3.69.